The van der Waals surface area contributed by atoms with E-state index >= 15 is 0 Å². The van der Waals surface area contributed by atoms with Gasteiger partial charge in [0.25, 0.3) is 5.91 Å². The summed E-state index contributed by atoms with van der Waals surface area (Å²) in [6.45, 7) is 0.321. The highest BCUT2D eigenvalue weighted by Gasteiger charge is 2.18. The Kier molecular flexibility index (Phi) is 4.44. The van der Waals surface area contributed by atoms with Crippen molar-refractivity contribution in [3.05, 3.63) is 58.3 Å². The van der Waals surface area contributed by atoms with Crippen molar-refractivity contribution in [2.24, 2.45) is 0 Å². The largest absolute Gasteiger partial charge is 0.454 e. The van der Waals surface area contributed by atoms with Gasteiger partial charge in [-0.2, -0.15) is 0 Å². The Bertz CT molecular complexity index is 888. The van der Waals surface area contributed by atoms with Gasteiger partial charge in [-0.15, -0.1) is 22.7 Å². The van der Waals surface area contributed by atoms with E-state index in [0.29, 0.717) is 17.1 Å². The molecule has 0 spiro atoms. The molecule has 0 saturated carbocycles. The van der Waals surface area contributed by atoms with Crippen molar-refractivity contribution in [3.63, 3.8) is 0 Å². The molecule has 4 rings (SSSR count). The number of aliphatic hydroxyl groups is 1. The smallest absolute Gasteiger partial charge is 0.251 e. The van der Waals surface area contributed by atoms with Crippen molar-refractivity contribution in [1.29, 1.82) is 0 Å². The SMILES string of the molecule is O=C(NCC(O)c1ccc(-c2cccs2)s1)c1ccc2c(c1)OCO2. The van der Waals surface area contributed by atoms with Crippen LogP contribution in [0.25, 0.3) is 9.75 Å². The molecular formula is C18H15NO4S2. The van der Waals surface area contributed by atoms with Crippen LogP contribution < -0.4 is 14.8 Å². The molecule has 1 aliphatic heterocycles. The molecule has 2 N–H and O–H groups in total. The number of thiophene rings is 2. The molecule has 1 aromatic carbocycles. The van der Waals surface area contributed by atoms with Gasteiger partial charge in [-0.25, -0.2) is 0 Å². The highest BCUT2D eigenvalue weighted by atomic mass is 32.1. The van der Waals surface area contributed by atoms with Gasteiger partial charge in [-0.3, -0.25) is 4.79 Å². The molecule has 3 heterocycles. The van der Waals surface area contributed by atoms with Crippen molar-refractivity contribution in [2.45, 2.75) is 6.10 Å². The van der Waals surface area contributed by atoms with E-state index in [4.69, 9.17) is 9.47 Å². The van der Waals surface area contributed by atoms with Crippen molar-refractivity contribution in [1.82, 2.24) is 5.32 Å². The number of hydrogen-bond acceptors (Lipinski definition) is 6. The van der Waals surface area contributed by atoms with E-state index in [1.807, 2.05) is 29.6 Å². The molecule has 5 nitrogen and oxygen atoms in total. The predicted molar refractivity (Wildman–Crippen MR) is 97.5 cm³/mol. The van der Waals surface area contributed by atoms with Gasteiger partial charge in [0.1, 0.15) is 6.10 Å². The minimum atomic E-state index is -0.739. The number of fused-ring (bicyclic) bond motifs is 1. The number of ether oxygens (including phenoxy) is 2. The fourth-order valence-electron chi connectivity index (χ4n) is 2.51. The van der Waals surface area contributed by atoms with Gasteiger partial charge in [0.05, 0.1) is 0 Å². The average Bonchev–Trinajstić information content (AvgIpc) is 3.38. The van der Waals surface area contributed by atoms with Crippen LogP contribution in [0.15, 0.2) is 47.8 Å². The van der Waals surface area contributed by atoms with Crippen molar-refractivity contribution < 1.29 is 19.4 Å². The molecule has 1 aliphatic rings. The summed E-state index contributed by atoms with van der Waals surface area (Å²) in [5.74, 6) is 0.940. The molecule has 0 fully saturated rings. The fourth-order valence-corrected chi connectivity index (χ4v) is 4.34. The number of carbonyl (C=O) groups excluding carboxylic acids is 1. The number of nitrogens with one attached hydrogen (secondary N) is 1. The lowest BCUT2D eigenvalue weighted by Crippen LogP contribution is -2.28. The van der Waals surface area contributed by atoms with Gasteiger partial charge in [0, 0.05) is 26.7 Å². The molecule has 0 radical (unpaired) electrons. The first kappa shape index (κ1) is 16.1. The van der Waals surface area contributed by atoms with Crippen LogP contribution in [-0.4, -0.2) is 24.4 Å². The highest BCUT2D eigenvalue weighted by Crippen LogP contribution is 2.34. The maximum atomic E-state index is 12.3. The van der Waals surface area contributed by atoms with Crippen LogP contribution in [0.2, 0.25) is 0 Å². The van der Waals surface area contributed by atoms with Crippen LogP contribution in [0.1, 0.15) is 21.3 Å². The second kappa shape index (κ2) is 6.87. The molecule has 1 amide bonds. The van der Waals surface area contributed by atoms with Gasteiger partial charge in [0.2, 0.25) is 6.79 Å². The molecule has 2 aromatic heterocycles. The molecule has 7 heteroatoms. The van der Waals surface area contributed by atoms with E-state index in [0.717, 1.165) is 9.75 Å². The number of carbonyl (C=O) groups is 1. The Morgan fingerprint density at radius 2 is 2.04 bits per heavy atom. The van der Waals surface area contributed by atoms with Crippen LogP contribution in [0.4, 0.5) is 0 Å². The predicted octanol–water partition coefficient (Wildman–Crippen LogP) is 3.67. The van der Waals surface area contributed by atoms with Crippen LogP contribution in [0, 0.1) is 0 Å². The summed E-state index contributed by atoms with van der Waals surface area (Å²) in [4.78, 5) is 15.4. The zero-order valence-electron chi connectivity index (χ0n) is 13.1. The standard InChI is InChI=1S/C18H15NO4S2/c20-12(15-5-6-17(25-15)16-2-1-7-24-16)9-19-18(21)11-3-4-13-14(8-11)23-10-22-13/h1-8,12,20H,9-10H2,(H,19,21). The molecule has 0 aliphatic carbocycles. The lowest BCUT2D eigenvalue weighted by atomic mass is 10.2. The van der Waals surface area contributed by atoms with Crippen LogP contribution in [-0.2, 0) is 0 Å². The first-order chi connectivity index (χ1) is 12.2. The molecule has 1 unspecified atom stereocenters. The summed E-state index contributed by atoms with van der Waals surface area (Å²) in [5, 5.41) is 15.1. The molecule has 3 aromatic rings. The number of rotatable bonds is 5. The number of hydrogen-bond donors (Lipinski definition) is 2. The molecule has 128 valence electrons. The summed E-state index contributed by atoms with van der Waals surface area (Å²) in [6.07, 6.45) is -0.739. The molecular weight excluding hydrogens is 358 g/mol. The number of amides is 1. The van der Waals surface area contributed by atoms with Crippen molar-refractivity contribution in [3.8, 4) is 21.3 Å². The summed E-state index contributed by atoms with van der Waals surface area (Å²) in [6, 6.07) is 13.0. The minimum Gasteiger partial charge on any atom is -0.454 e. The molecule has 0 saturated heterocycles. The van der Waals surface area contributed by atoms with Gasteiger partial charge >= 0.3 is 0 Å². The van der Waals surface area contributed by atoms with E-state index in [9.17, 15) is 9.90 Å². The third-order valence-corrected chi connectivity index (χ3v) is 6.06. The summed E-state index contributed by atoms with van der Waals surface area (Å²) >= 11 is 3.20. The third-order valence-electron chi connectivity index (χ3n) is 3.81. The first-order valence-electron chi connectivity index (χ1n) is 7.70. The lowest BCUT2D eigenvalue weighted by Gasteiger charge is -2.10. The highest BCUT2D eigenvalue weighted by molar-refractivity contribution is 7.21. The molecule has 1 atom stereocenters. The number of benzene rings is 1. The maximum absolute atomic E-state index is 12.3. The minimum absolute atomic E-state index is 0.150. The van der Waals surface area contributed by atoms with E-state index in [1.165, 1.54) is 16.2 Å². The van der Waals surface area contributed by atoms with Crippen LogP contribution >= 0.6 is 22.7 Å². The topological polar surface area (TPSA) is 67.8 Å². The van der Waals surface area contributed by atoms with Crippen LogP contribution in [0.3, 0.4) is 0 Å². The third kappa shape index (κ3) is 3.39. The Morgan fingerprint density at radius 1 is 1.16 bits per heavy atom. The van der Waals surface area contributed by atoms with E-state index in [2.05, 4.69) is 5.32 Å². The second-order valence-electron chi connectivity index (χ2n) is 5.47. The van der Waals surface area contributed by atoms with Crippen molar-refractivity contribution >= 4 is 28.6 Å². The Morgan fingerprint density at radius 3 is 2.88 bits per heavy atom. The zero-order chi connectivity index (χ0) is 17.2. The molecule has 0 bridgehead atoms. The quantitative estimate of drug-likeness (QED) is 0.716. The Balaban J connectivity index is 1.38. The lowest BCUT2D eigenvalue weighted by molar-refractivity contribution is 0.0917. The van der Waals surface area contributed by atoms with Gasteiger partial charge in [0.15, 0.2) is 11.5 Å². The van der Waals surface area contributed by atoms with Crippen LogP contribution in [0.5, 0.6) is 11.5 Å². The zero-order valence-corrected chi connectivity index (χ0v) is 14.7. The Labute approximate surface area is 152 Å². The monoisotopic (exact) mass is 373 g/mol. The Hall–Kier alpha value is -2.35. The summed E-state index contributed by atoms with van der Waals surface area (Å²) < 4.78 is 10.5. The normalized spacial score (nSPS) is 13.6. The van der Waals surface area contributed by atoms with Gasteiger partial charge < -0.3 is 19.9 Å². The van der Waals surface area contributed by atoms with Gasteiger partial charge in [-0.05, 0) is 41.8 Å². The summed E-state index contributed by atoms with van der Waals surface area (Å²) in [5.41, 5.74) is 0.474. The summed E-state index contributed by atoms with van der Waals surface area (Å²) in [7, 11) is 0. The van der Waals surface area contributed by atoms with E-state index in [-0.39, 0.29) is 19.2 Å². The molecule has 25 heavy (non-hydrogen) atoms. The maximum Gasteiger partial charge on any atom is 0.251 e. The van der Waals surface area contributed by atoms with E-state index < -0.39 is 6.10 Å². The number of aliphatic hydroxyl groups excluding tert-OH is 1. The fraction of sp³-hybridized carbons (Fsp3) is 0.167. The van der Waals surface area contributed by atoms with Gasteiger partial charge in [-0.1, -0.05) is 6.07 Å². The first-order valence-corrected chi connectivity index (χ1v) is 9.40. The second-order valence-corrected chi connectivity index (χ2v) is 7.54. The van der Waals surface area contributed by atoms with E-state index in [1.54, 1.807) is 29.5 Å². The average molecular weight is 373 g/mol. The van der Waals surface area contributed by atoms with Crippen molar-refractivity contribution in [2.75, 3.05) is 13.3 Å².